The number of nitrogens with one attached hydrogen (secondary N) is 4. The van der Waals surface area contributed by atoms with E-state index >= 15 is 0 Å². The molecule has 1 aliphatic heterocycles. The van der Waals surface area contributed by atoms with Crippen molar-refractivity contribution in [2.45, 2.75) is 57.0 Å². The molecule has 26 heavy (non-hydrogen) atoms. The van der Waals surface area contributed by atoms with Crippen LogP contribution < -0.4 is 21.3 Å². The number of hydrogen-bond acceptors (Lipinski definition) is 7. The quantitative estimate of drug-likeness (QED) is 0.216. The van der Waals surface area contributed by atoms with Crippen LogP contribution in [0, 0.1) is 0 Å². The zero-order valence-corrected chi connectivity index (χ0v) is 15.6. The van der Waals surface area contributed by atoms with Gasteiger partial charge in [0.25, 0.3) is 0 Å². The van der Waals surface area contributed by atoms with Crippen LogP contribution >= 0.6 is 12.6 Å². The zero-order chi connectivity index (χ0) is 19.9. The number of carboxylic acid groups (broad SMARTS) is 1. The van der Waals surface area contributed by atoms with Crippen molar-refractivity contribution in [1.29, 1.82) is 0 Å². The summed E-state index contributed by atoms with van der Waals surface area (Å²) in [7, 11) is 0. The molecule has 3 amide bonds. The second-order valence-electron chi connectivity index (χ2n) is 6.19. The van der Waals surface area contributed by atoms with Crippen LogP contribution in [0.5, 0.6) is 0 Å². The number of aliphatic carboxylic acids is 1. The summed E-state index contributed by atoms with van der Waals surface area (Å²) in [4.78, 5) is 47.4. The first kappa shape index (κ1) is 22.2. The molecule has 10 nitrogen and oxygen atoms in total. The molecule has 1 heterocycles. The van der Waals surface area contributed by atoms with E-state index in [0.29, 0.717) is 13.0 Å². The van der Waals surface area contributed by atoms with Crippen molar-refractivity contribution in [1.82, 2.24) is 21.3 Å². The lowest BCUT2D eigenvalue weighted by molar-refractivity contribution is -0.141. The first-order valence-corrected chi connectivity index (χ1v) is 8.96. The molecular weight excluding hydrogens is 364 g/mol. The summed E-state index contributed by atoms with van der Waals surface area (Å²) >= 11 is 3.84. The third kappa shape index (κ3) is 6.46. The Morgan fingerprint density at radius 1 is 1.15 bits per heavy atom. The maximum absolute atomic E-state index is 12.3. The number of amides is 3. The molecule has 1 rings (SSSR count). The van der Waals surface area contributed by atoms with Gasteiger partial charge in [-0.05, 0) is 33.2 Å². The zero-order valence-electron chi connectivity index (χ0n) is 14.7. The van der Waals surface area contributed by atoms with Crippen molar-refractivity contribution in [2.75, 3.05) is 12.3 Å². The minimum atomic E-state index is -1.25. The van der Waals surface area contributed by atoms with Crippen LogP contribution in [0.15, 0.2) is 0 Å². The first-order chi connectivity index (χ1) is 12.2. The van der Waals surface area contributed by atoms with Gasteiger partial charge in [0.05, 0.1) is 12.1 Å². The van der Waals surface area contributed by atoms with Gasteiger partial charge in [0.15, 0.2) is 0 Å². The highest BCUT2D eigenvalue weighted by molar-refractivity contribution is 7.80. The van der Waals surface area contributed by atoms with Gasteiger partial charge in [0, 0.05) is 5.75 Å². The van der Waals surface area contributed by atoms with Crippen molar-refractivity contribution in [2.24, 2.45) is 0 Å². The van der Waals surface area contributed by atoms with Crippen molar-refractivity contribution >= 4 is 36.3 Å². The number of aliphatic hydroxyl groups excluding tert-OH is 1. The van der Waals surface area contributed by atoms with Crippen molar-refractivity contribution < 1.29 is 29.4 Å². The van der Waals surface area contributed by atoms with E-state index in [-0.39, 0.29) is 5.75 Å². The fourth-order valence-electron chi connectivity index (χ4n) is 2.42. The Bertz CT molecular complexity index is 538. The topological polar surface area (TPSA) is 157 Å². The molecule has 1 aliphatic rings. The monoisotopic (exact) mass is 390 g/mol. The third-order valence-corrected chi connectivity index (χ3v) is 4.35. The van der Waals surface area contributed by atoms with Gasteiger partial charge in [-0.1, -0.05) is 0 Å². The van der Waals surface area contributed by atoms with Gasteiger partial charge in [-0.2, -0.15) is 12.6 Å². The standard InChI is InChI=1S/C15H26N4O6S/c1-7(12(21)18-10(6-26)15(24)25)17-14(23)11(8(2)20)19-13(22)9-4-3-5-16-9/h7-11,16,20,26H,3-6H2,1-2H3,(H,17,23)(H,18,21)(H,19,22)(H,24,25). The van der Waals surface area contributed by atoms with E-state index in [1.54, 1.807) is 0 Å². The van der Waals surface area contributed by atoms with Crippen LogP contribution in [0.25, 0.3) is 0 Å². The number of carbonyl (C=O) groups is 4. The Kier molecular flexibility index (Phi) is 8.82. The average Bonchev–Trinajstić information content (AvgIpc) is 3.10. The van der Waals surface area contributed by atoms with E-state index in [9.17, 15) is 24.3 Å². The highest BCUT2D eigenvalue weighted by Gasteiger charge is 2.32. The number of aliphatic hydroxyl groups is 1. The Balaban J connectivity index is 2.63. The molecule has 5 atom stereocenters. The highest BCUT2D eigenvalue weighted by Crippen LogP contribution is 2.06. The number of thiol groups is 1. The Labute approximate surface area is 156 Å². The molecule has 0 aromatic carbocycles. The van der Waals surface area contributed by atoms with Gasteiger partial charge in [0.1, 0.15) is 18.1 Å². The van der Waals surface area contributed by atoms with Crippen LogP contribution in [0.1, 0.15) is 26.7 Å². The second-order valence-corrected chi connectivity index (χ2v) is 6.55. The summed E-state index contributed by atoms with van der Waals surface area (Å²) < 4.78 is 0. The predicted octanol–water partition coefficient (Wildman–Crippen LogP) is -2.39. The molecular formula is C15H26N4O6S. The van der Waals surface area contributed by atoms with Crippen molar-refractivity contribution in [3.63, 3.8) is 0 Å². The molecule has 5 unspecified atom stereocenters. The molecule has 6 N–H and O–H groups in total. The maximum atomic E-state index is 12.3. The molecule has 0 radical (unpaired) electrons. The maximum Gasteiger partial charge on any atom is 0.327 e. The molecule has 148 valence electrons. The summed E-state index contributed by atoms with van der Waals surface area (Å²) in [6.07, 6.45) is 0.301. The number of hydrogen-bond donors (Lipinski definition) is 7. The van der Waals surface area contributed by atoms with Gasteiger partial charge in [-0.25, -0.2) is 4.79 Å². The van der Waals surface area contributed by atoms with E-state index in [1.807, 2.05) is 0 Å². The van der Waals surface area contributed by atoms with E-state index in [4.69, 9.17) is 5.11 Å². The molecule has 0 aromatic rings. The normalized spacial score (nSPS) is 21.2. The lowest BCUT2D eigenvalue weighted by atomic mass is 10.1. The van der Waals surface area contributed by atoms with E-state index in [1.165, 1.54) is 13.8 Å². The molecule has 0 saturated carbocycles. The minimum absolute atomic E-state index is 0.109. The summed E-state index contributed by atoms with van der Waals surface area (Å²) in [6.45, 7) is 3.42. The number of rotatable bonds is 9. The number of carbonyl (C=O) groups excluding carboxylic acids is 3. The van der Waals surface area contributed by atoms with E-state index < -0.39 is 54.0 Å². The molecule has 0 spiro atoms. The molecule has 1 fully saturated rings. The number of carboxylic acids is 1. The molecule has 0 bridgehead atoms. The third-order valence-electron chi connectivity index (χ3n) is 3.99. The lowest BCUT2D eigenvalue weighted by Gasteiger charge is -2.24. The lowest BCUT2D eigenvalue weighted by Crippen LogP contribution is -2.59. The first-order valence-electron chi connectivity index (χ1n) is 8.33. The fraction of sp³-hybridized carbons (Fsp3) is 0.733. The van der Waals surface area contributed by atoms with E-state index in [2.05, 4.69) is 33.9 Å². The Morgan fingerprint density at radius 3 is 2.27 bits per heavy atom. The van der Waals surface area contributed by atoms with Crippen LogP contribution in [-0.4, -0.2) is 76.5 Å². The largest absolute Gasteiger partial charge is 0.480 e. The Hall–Kier alpha value is -1.85. The molecule has 0 aromatic heterocycles. The summed E-state index contributed by atoms with van der Waals surface area (Å²) in [6, 6.07) is -3.91. The minimum Gasteiger partial charge on any atom is -0.480 e. The van der Waals surface area contributed by atoms with Gasteiger partial charge in [0.2, 0.25) is 17.7 Å². The SMILES string of the molecule is CC(NC(=O)C(NC(=O)C1CCCN1)C(C)O)C(=O)NC(CS)C(=O)O. The molecule has 0 aliphatic carbocycles. The van der Waals surface area contributed by atoms with Crippen LogP contribution in [0.3, 0.4) is 0 Å². The highest BCUT2D eigenvalue weighted by atomic mass is 32.1. The van der Waals surface area contributed by atoms with Crippen LogP contribution in [0.4, 0.5) is 0 Å². The van der Waals surface area contributed by atoms with Gasteiger partial charge in [-0.3, -0.25) is 14.4 Å². The molecule has 11 heteroatoms. The predicted molar refractivity (Wildman–Crippen MR) is 95.7 cm³/mol. The molecule has 1 saturated heterocycles. The average molecular weight is 390 g/mol. The van der Waals surface area contributed by atoms with E-state index in [0.717, 1.165) is 6.42 Å². The van der Waals surface area contributed by atoms with Crippen LogP contribution in [0.2, 0.25) is 0 Å². The van der Waals surface area contributed by atoms with Crippen molar-refractivity contribution in [3.05, 3.63) is 0 Å². The smallest absolute Gasteiger partial charge is 0.327 e. The summed E-state index contributed by atoms with van der Waals surface area (Å²) in [5.41, 5.74) is 0. The Morgan fingerprint density at radius 2 is 1.81 bits per heavy atom. The fourth-order valence-corrected chi connectivity index (χ4v) is 2.67. The van der Waals surface area contributed by atoms with Crippen LogP contribution in [-0.2, 0) is 19.2 Å². The van der Waals surface area contributed by atoms with Gasteiger partial charge >= 0.3 is 5.97 Å². The summed E-state index contributed by atoms with van der Waals surface area (Å²) in [5, 5.41) is 28.8. The summed E-state index contributed by atoms with van der Waals surface area (Å²) in [5.74, 6) is -3.21. The van der Waals surface area contributed by atoms with Gasteiger partial charge in [-0.15, -0.1) is 0 Å². The second kappa shape index (κ2) is 10.3. The van der Waals surface area contributed by atoms with Gasteiger partial charge < -0.3 is 31.5 Å². The van der Waals surface area contributed by atoms with Crippen molar-refractivity contribution in [3.8, 4) is 0 Å².